The Morgan fingerprint density at radius 3 is 2.61 bits per heavy atom. The van der Waals surface area contributed by atoms with Gasteiger partial charge in [0.05, 0.1) is 17.2 Å². The molecule has 0 N–H and O–H groups in total. The molecule has 3 aromatic heterocycles. The summed E-state index contributed by atoms with van der Waals surface area (Å²) in [4.78, 5) is 27.8. The second kappa shape index (κ2) is 7.09. The van der Waals surface area contributed by atoms with E-state index in [1.807, 2.05) is 23.1 Å². The minimum Gasteiger partial charge on any atom is -0.472 e. The first-order valence-electron chi connectivity index (χ1n) is 9.16. The van der Waals surface area contributed by atoms with Crippen LogP contribution >= 0.6 is 11.3 Å². The molecule has 4 aromatic rings. The van der Waals surface area contributed by atoms with Gasteiger partial charge in [0.1, 0.15) is 23.2 Å². The van der Waals surface area contributed by atoms with Crippen molar-refractivity contribution in [1.29, 1.82) is 0 Å². The normalized spacial score (nSPS) is 14.6. The van der Waals surface area contributed by atoms with Crippen molar-refractivity contribution in [2.24, 2.45) is 0 Å². The van der Waals surface area contributed by atoms with Gasteiger partial charge in [-0.05, 0) is 17.7 Å². The topological polar surface area (TPSA) is 62.5 Å². The number of aromatic nitrogens is 2. The van der Waals surface area contributed by atoms with Crippen LogP contribution in [0.15, 0.2) is 65.7 Å². The highest BCUT2D eigenvalue weighted by Gasteiger charge is 2.25. The summed E-state index contributed by atoms with van der Waals surface area (Å²) < 4.78 is 5.03. The molecule has 28 heavy (non-hydrogen) atoms. The van der Waals surface area contributed by atoms with E-state index in [4.69, 9.17) is 4.42 Å². The number of fused-ring (bicyclic) bond motifs is 1. The molecule has 1 fully saturated rings. The summed E-state index contributed by atoms with van der Waals surface area (Å²) in [5.41, 5.74) is 1.79. The second-order valence-corrected chi connectivity index (χ2v) is 7.71. The molecule has 1 aliphatic rings. The molecular weight excluding hydrogens is 372 g/mol. The van der Waals surface area contributed by atoms with Crippen molar-refractivity contribution in [3.63, 3.8) is 0 Å². The lowest BCUT2D eigenvalue weighted by molar-refractivity contribution is 0.0746. The summed E-state index contributed by atoms with van der Waals surface area (Å²) in [5, 5.41) is 1.07. The average molecular weight is 390 g/mol. The van der Waals surface area contributed by atoms with E-state index in [0.29, 0.717) is 18.7 Å². The molecular formula is C21H18N4O2S. The zero-order valence-electron chi connectivity index (χ0n) is 15.1. The van der Waals surface area contributed by atoms with Crippen LogP contribution in [-0.4, -0.2) is 47.0 Å². The molecule has 140 valence electrons. The van der Waals surface area contributed by atoms with Gasteiger partial charge in [-0.2, -0.15) is 0 Å². The monoisotopic (exact) mass is 390 g/mol. The van der Waals surface area contributed by atoms with E-state index < -0.39 is 0 Å². The standard InChI is InChI=1S/C21H18N4O2S/c26-21(16-6-11-27-13-16)25-9-7-24(8-10-25)19-17-12-18(15-4-2-1-3-5-15)28-20(17)23-14-22-19/h1-6,11-14H,7-10H2. The number of benzene rings is 1. The van der Waals surface area contributed by atoms with Gasteiger partial charge in [-0.3, -0.25) is 4.79 Å². The summed E-state index contributed by atoms with van der Waals surface area (Å²) in [7, 11) is 0. The number of thiophene rings is 1. The number of nitrogens with zero attached hydrogens (tertiary/aromatic N) is 4. The van der Waals surface area contributed by atoms with Crippen molar-refractivity contribution in [1.82, 2.24) is 14.9 Å². The summed E-state index contributed by atoms with van der Waals surface area (Å²) >= 11 is 1.68. The van der Waals surface area contributed by atoms with E-state index >= 15 is 0 Å². The third kappa shape index (κ3) is 3.03. The third-order valence-corrected chi connectivity index (χ3v) is 6.09. The molecule has 0 saturated carbocycles. The first-order valence-corrected chi connectivity index (χ1v) is 9.97. The molecule has 0 radical (unpaired) electrons. The highest BCUT2D eigenvalue weighted by Crippen LogP contribution is 2.36. The zero-order valence-corrected chi connectivity index (χ0v) is 15.9. The van der Waals surface area contributed by atoms with Gasteiger partial charge in [0.2, 0.25) is 0 Å². The number of rotatable bonds is 3. The molecule has 0 spiro atoms. The maximum atomic E-state index is 12.5. The van der Waals surface area contributed by atoms with E-state index in [1.165, 1.54) is 23.0 Å². The molecule has 4 heterocycles. The minimum absolute atomic E-state index is 0.0168. The molecule has 1 aliphatic heterocycles. The van der Waals surface area contributed by atoms with Crippen LogP contribution in [0.5, 0.6) is 0 Å². The van der Waals surface area contributed by atoms with Crippen LogP contribution in [0.3, 0.4) is 0 Å². The van der Waals surface area contributed by atoms with E-state index in [1.54, 1.807) is 23.7 Å². The molecule has 5 rings (SSSR count). The number of carbonyl (C=O) groups is 1. The lowest BCUT2D eigenvalue weighted by Gasteiger charge is -2.35. The molecule has 0 bridgehead atoms. The molecule has 7 heteroatoms. The smallest absolute Gasteiger partial charge is 0.257 e. The Hall–Kier alpha value is -3.19. The fourth-order valence-electron chi connectivity index (χ4n) is 3.53. The fraction of sp³-hybridized carbons (Fsp3) is 0.190. The van der Waals surface area contributed by atoms with Crippen LogP contribution in [0, 0.1) is 0 Å². The summed E-state index contributed by atoms with van der Waals surface area (Å²) in [6.45, 7) is 2.80. The van der Waals surface area contributed by atoms with Crippen LogP contribution in [0.4, 0.5) is 5.82 Å². The number of carbonyl (C=O) groups excluding carboxylic acids is 1. The molecule has 1 aromatic carbocycles. The van der Waals surface area contributed by atoms with Crippen LogP contribution in [-0.2, 0) is 0 Å². The number of amides is 1. The first kappa shape index (κ1) is 16.9. The number of hydrogen-bond donors (Lipinski definition) is 0. The predicted molar refractivity (Wildman–Crippen MR) is 110 cm³/mol. The van der Waals surface area contributed by atoms with Crippen molar-refractivity contribution < 1.29 is 9.21 Å². The van der Waals surface area contributed by atoms with E-state index in [-0.39, 0.29) is 5.91 Å². The Morgan fingerprint density at radius 1 is 1.04 bits per heavy atom. The van der Waals surface area contributed by atoms with Crippen LogP contribution in [0.2, 0.25) is 0 Å². The van der Waals surface area contributed by atoms with Crippen molar-refractivity contribution in [3.05, 3.63) is 66.9 Å². The quantitative estimate of drug-likeness (QED) is 0.531. The fourth-order valence-corrected chi connectivity index (χ4v) is 4.53. The SMILES string of the molecule is O=C(c1ccoc1)N1CCN(c2ncnc3sc(-c4ccccc4)cc23)CC1. The molecule has 1 saturated heterocycles. The lowest BCUT2D eigenvalue weighted by atomic mass is 10.2. The molecule has 0 unspecified atom stereocenters. The first-order chi connectivity index (χ1) is 13.8. The van der Waals surface area contributed by atoms with Crippen LogP contribution in [0.25, 0.3) is 20.7 Å². The van der Waals surface area contributed by atoms with Crippen molar-refractivity contribution in [3.8, 4) is 10.4 Å². The van der Waals surface area contributed by atoms with Gasteiger partial charge >= 0.3 is 0 Å². The van der Waals surface area contributed by atoms with Crippen molar-refractivity contribution >= 4 is 33.3 Å². The number of hydrogen-bond acceptors (Lipinski definition) is 6. The largest absolute Gasteiger partial charge is 0.472 e. The molecule has 0 atom stereocenters. The maximum Gasteiger partial charge on any atom is 0.257 e. The summed E-state index contributed by atoms with van der Waals surface area (Å²) in [6, 6.07) is 14.2. The highest BCUT2D eigenvalue weighted by molar-refractivity contribution is 7.21. The Morgan fingerprint density at radius 2 is 1.86 bits per heavy atom. The Bertz CT molecular complexity index is 1100. The van der Waals surface area contributed by atoms with Crippen molar-refractivity contribution in [2.75, 3.05) is 31.1 Å². The third-order valence-electron chi connectivity index (χ3n) is 5.00. The number of furan rings is 1. The predicted octanol–water partition coefficient (Wildman–Crippen LogP) is 3.91. The second-order valence-electron chi connectivity index (χ2n) is 6.68. The minimum atomic E-state index is 0.0168. The van der Waals surface area contributed by atoms with Crippen LogP contribution in [0.1, 0.15) is 10.4 Å². The molecule has 0 aliphatic carbocycles. The highest BCUT2D eigenvalue weighted by atomic mass is 32.1. The Labute approximate surface area is 166 Å². The van der Waals surface area contributed by atoms with E-state index in [9.17, 15) is 4.79 Å². The molecule has 6 nitrogen and oxygen atoms in total. The van der Waals surface area contributed by atoms with Gasteiger partial charge < -0.3 is 14.2 Å². The van der Waals surface area contributed by atoms with Crippen molar-refractivity contribution in [2.45, 2.75) is 0 Å². The average Bonchev–Trinajstić information content (AvgIpc) is 3.44. The zero-order chi connectivity index (χ0) is 18.9. The van der Waals surface area contributed by atoms with Gasteiger partial charge in [0.25, 0.3) is 5.91 Å². The van der Waals surface area contributed by atoms with Gasteiger partial charge in [-0.25, -0.2) is 9.97 Å². The number of piperazine rings is 1. The lowest BCUT2D eigenvalue weighted by Crippen LogP contribution is -2.49. The maximum absolute atomic E-state index is 12.5. The Kier molecular flexibility index (Phi) is 4.29. The summed E-state index contributed by atoms with van der Waals surface area (Å²) in [6.07, 6.45) is 4.66. The van der Waals surface area contributed by atoms with E-state index in [2.05, 4.69) is 33.1 Å². The van der Waals surface area contributed by atoms with E-state index in [0.717, 1.165) is 29.1 Å². The van der Waals surface area contributed by atoms with Gasteiger partial charge in [-0.1, -0.05) is 30.3 Å². The Balaban J connectivity index is 1.38. The van der Waals surface area contributed by atoms with Gasteiger partial charge in [0, 0.05) is 31.1 Å². The number of anilines is 1. The van der Waals surface area contributed by atoms with Gasteiger partial charge in [-0.15, -0.1) is 11.3 Å². The van der Waals surface area contributed by atoms with Crippen LogP contribution < -0.4 is 4.90 Å². The molecule has 1 amide bonds. The van der Waals surface area contributed by atoms with Gasteiger partial charge in [0.15, 0.2) is 0 Å². The summed E-state index contributed by atoms with van der Waals surface area (Å²) in [5.74, 6) is 0.960.